The fourth-order valence-electron chi connectivity index (χ4n) is 3.08. The van der Waals surface area contributed by atoms with E-state index in [1.807, 2.05) is 11.3 Å². The van der Waals surface area contributed by atoms with E-state index in [-0.39, 0.29) is 0 Å². The highest BCUT2D eigenvalue weighted by Gasteiger charge is 2.26. The van der Waals surface area contributed by atoms with E-state index in [0.29, 0.717) is 6.04 Å². The molecule has 0 amide bonds. The molecule has 2 aliphatic carbocycles. The summed E-state index contributed by atoms with van der Waals surface area (Å²) in [5.74, 6) is 1.71. The fraction of sp³-hybridized carbons (Fsp3) is 0.750. The molecule has 1 N–H and O–H groups in total. The van der Waals surface area contributed by atoms with Crippen molar-refractivity contribution < 1.29 is 4.74 Å². The van der Waals surface area contributed by atoms with E-state index in [0.717, 1.165) is 31.6 Å². The average molecular weight is 279 g/mol. The average Bonchev–Trinajstić information content (AvgIpc) is 2.93. The maximum absolute atomic E-state index is 5.73. The molecule has 0 aliphatic heterocycles. The number of rotatable bonds is 8. The topological polar surface area (TPSA) is 21.3 Å². The Morgan fingerprint density at radius 2 is 2.11 bits per heavy atom. The molecular formula is C16H25NOS. The van der Waals surface area contributed by atoms with Gasteiger partial charge >= 0.3 is 0 Å². The Kier molecular flexibility index (Phi) is 4.91. The van der Waals surface area contributed by atoms with Crippen molar-refractivity contribution in [3.63, 3.8) is 0 Å². The molecule has 3 heteroatoms. The molecule has 0 aromatic carbocycles. The van der Waals surface area contributed by atoms with Crippen molar-refractivity contribution >= 4 is 11.3 Å². The second kappa shape index (κ2) is 6.87. The van der Waals surface area contributed by atoms with Crippen LogP contribution in [-0.4, -0.2) is 19.8 Å². The summed E-state index contributed by atoms with van der Waals surface area (Å²) in [4.78, 5) is 1.51. The Morgan fingerprint density at radius 3 is 2.79 bits per heavy atom. The highest BCUT2D eigenvalue weighted by molar-refractivity contribution is 7.10. The van der Waals surface area contributed by atoms with E-state index in [2.05, 4.69) is 22.8 Å². The van der Waals surface area contributed by atoms with Gasteiger partial charge in [0.25, 0.3) is 0 Å². The SMILES string of the molecule is c1csc(C(NCCOCC2CC2)C2CCCC2)c1. The van der Waals surface area contributed by atoms with Gasteiger partial charge in [-0.25, -0.2) is 0 Å². The van der Waals surface area contributed by atoms with E-state index >= 15 is 0 Å². The summed E-state index contributed by atoms with van der Waals surface area (Å²) in [6.07, 6.45) is 8.36. The molecule has 1 atom stereocenters. The van der Waals surface area contributed by atoms with E-state index in [4.69, 9.17) is 4.74 Å². The lowest BCUT2D eigenvalue weighted by Gasteiger charge is -2.24. The lowest BCUT2D eigenvalue weighted by atomic mass is 9.97. The third-order valence-electron chi connectivity index (χ3n) is 4.38. The van der Waals surface area contributed by atoms with Crippen LogP contribution in [0.2, 0.25) is 0 Å². The highest BCUT2D eigenvalue weighted by atomic mass is 32.1. The van der Waals surface area contributed by atoms with E-state index in [1.165, 1.54) is 43.4 Å². The zero-order chi connectivity index (χ0) is 12.9. The summed E-state index contributed by atoms with van der Waals surface area (Å²) in [7, 11) is 0. The Morgan fingerprint density at radius 1 is 1.26 bits per heavy atom. The van der Waals surface area contributed by atoms with Crippen molar-refractivity contribution in [3.05, 3.63) is 22.4 Å². The molecular weight excluding hydrogens is 254 g/mol. The molecule has 19 heavy (non-hydrogen) atoms. The van der Waals surface area contributed by atoms with Gasteiger partial charge in [0.15, 0.2) is 0 Å². The van der Waals surface area contributed by atoms with Gasteiger partial charge in [0, 0.05) is 24.1 Å². The van der Waals surface area contributed by atoms with Crippen LogP contribution in [0.5, 0.6) is 0 Å². The standard InChI is InChI=1S/C16H25NOS/c1-2-5-14(4-1)16(15-6-3-11-19-15)17-9-10-18-12-13-7-8-13/h3,6,11,13-14,16-17H,1-2,4-5,7-10,12H2. The van der Waals surface area contributed by atoms with Crippen molar-refractivity contribution in [3.8, 4) is 0 Å². The van der Waals surface area contributed by atoms with E-state index < -0.39 is 0 Å². The summed E-state index contributed by atoms with van der Waals surface area (Å²) >= 11 is 1.89. The summed E-state index contributed by atoms with van der Waals surface area (Å²) in [6, 6.07) is 5.02. The molecule has 1 heterocycles. The molecule has 1 aromatic rings. The molecule has 0 radical (unpaired) electrons. The highest BCUT2D eigenvalue weighted by Crippen LogP contribution is 2.37. The summed E-state index contributed by atoms with van der Waals surface area (Å²) in [6.45, 7) is 2.84. The van der Waals surface area contributed by atoms with Crippen LogP contribution >= 0.6 is 11.3 Å². The normalized spacial score (nSPS) is 21.9. The van der Waals surface area contributed by atoms with Gasteiger partial charge in [-0.1, -0.05) is 18.9 Å². The molecule has 2 nitrogen and oxygen atoms in total. The molecule has 1 aromatic heterocycles. The quantitative estimate of drug-likeness (QED) is 0.726. The van der Waals surface area contributed by atoms with Crippen molar-refractivity contribution in [2.24, 2.45) is 11.8 Å². The molecule has 0 bridgehead atoms. The number of nitrogens with one attached hydrogen (secondary N) is 1. The summed E-state index contributed by atoms with van der Waals surface area (Å²) in [5.41, 5.74) is 0. The van der Waals surface area contributed by atoms with Gasteiger partial charge in [-0.05, 0) is 49.0 Å². The molecule has 106 valence electrons. The Labute approximate surface area is 120 Å². The van der Waals surface area contributed by atoms with E-state index in [1.54, 1.807) is 0 Å². The van der Waals surface area contributed by atoms with Gasteiger partial charge in [-0.3, -0.25) is 0 Å². The number of hydrogen-bond acceptors (Lipinski definition) is 3. The van der Waals surface area contributed by atoms with Gasteiger partial charge in [0.05, 0.1) is 6.61 Å². The fourth-order valence-corrected chi connectivity index (χ4v) is 3.97. The minimum Gasteiger partial charge on any atom is -0.380 e. The van der Waals surface area contributed by atoms with Crippen LogP contribution in [-0.2, 0) is 4.74 Å². The number of ether oxygens (including phenoxy) is 1. The van der Waals surface area contributed by atoms with Gasteiger partial charge in [0.1, 0.15) is 0 Å². The molecule has 2 saturated carbocycles. The van der Waals surface area contributed by atoms with Gasteiger partial charge in [0.2, 0.25) is 0 Å². The minimum atomic E-state index is 0.562. The zero-order valence-corrected chi connectivity index (χ0v) is 12.5. The lowest BCUT2D eigenvalue weighted by molar-refractivity contribution is 0.122. The van der Waals surface area contributed by atoms with Crippen molar-refractivity contribution in [1.82, 2.24) is 5.32 Å². The van der Waals surface area contributed by atoms with Gasteiger partial charge in [-0.2, -0.15) is 0 Å². The van der Waals surface area contributed by atoms with Crippen LogP contribution in [0.15, 0.2) is 17.5 Å². The summed E-state index contributed by atoms with van der Waals surface area (Å²) in [5, 5.41) is 5.94. The first-order valence-electron chi connectivity index (χ1n) is 7.78. The van der Waals surface area contributed by atoms with Gasteiger partial charge in [-0.15, -0.1) is 11.3 Å². The molecule has 1 unspecified atom stereocenters. The molecule has 0 saturated heterocycles. The smallest absolute Gasteiger partial charge is 0.0591 e. The second-order valence-corrected chi connectivity index (χ2v) is 6.99. The van der Waals surface area contributed by atoms with Gasteiger partial charge < -0.3 is 10.1 Å². The molecule has 2 fully saturated rings. The molecule has 3 rings (SSSR count). The maximum Gasteiger partial charge on any atom is 0.0591 e. The molecule has 0 spiro atoms. The van der Waals surface area contributed by atoms with E-state index in [9.17, 15) is 0 Å². The first kappa shape index (κ1) is 13.6. The third-order valence-corrected chi connectivity index (χ3v) is 5.34. The van der Waals surface area contributed by atoms with Crippen molar-refractivity contribution in [2.75, 3.05) is 19.8 Å². The van der Waals surface area contributed by atoms with Crippen LogP contribution in [0.3, 0.4) is 0 Å². The minimum absolute atomic E-state index is 0.562. The van der Waals surface area contributed by atoms with Crippen molar-refractivity contribution in [1.29, 1.82) is 0 Å². The second-order valence-electron chi connectivity index (χ2n) is 6.01. The number of hydrogen-bond donors (Lipinski definition) is 1. The Hall–Kier alpha value is -0.380. The lowest BCUT2D eigenvalue weighted by Crippen LogP contribution is -2.29. The van der Waals surface area contributed by atoms with Crippen LogP contribution in [0, 0.1) is 11.8 Å². The monoisotopic (exact) mass is 279 g/mol. The largest absolute Gasteiger partial charge is 0.380 e. The maximum atomic E-state index is 5.73. The summed E-state index contributed by atoms with van der Waals surface area (Å²) < 4.78 is 5.73. The first-order chi connectivity index (χ1) is 9.43. The predicted octanol–water partition coefficient (Wildman–Crippen LogP) is 4.00. The van der Waals surface area contributed by atoms with Crippen LogP contribution in [0.1, 0.15) is 49.4 Å². The third kappa shape index (κ3) is 4.04. The van der Waals surface area contributed by atoms with Crippen LogP contribution in [0.25, 0.3) is 0 Å². The van der Waals surface area contributed by atoms with Crippen LogP contribution < -0.4 is 5.32 Å². The predicted molar refractivity (Wildman–Crippen MR) is 80.6 cm³/mol. The Bertz CT molecular complexity index is 355. The number of thiophene rings is 1. The molecule has 2 aliphatic rings. The van der Waals surface area contributed by atoms with Crippen LogP contribution in [0.4, 0.5) is 0 Å². The zero-order valence-electron chi connectivity index (χ0n) is 11.6. The van der Waals surface area contributed by atoms with Crippen molar-refractivity contribution in [2.45, 2.75) is 44.6 Å². The Balaban J connectivity index is 1.44. The first-order valence-corrected chi connectivity index (χ1v) is 8.66.